The SMILES string of the molecule is CC1(C)OB(c2ccc(-c3nc4c(cc3Cl)nc(O[C@@H]3CO[C@H]5[C@@H]3OC[C@H]5O)n4COCC[Si](C)(C)C)cc2)OC1(C)C.CS(C)(=O)=Nc1cc(F)c(Br)cc1F.C[Si](C)(C)CCOCn1c(O[C@@H]2CO[C@H]3[C@@H]2OC[C@H]3O)nc2cc(Cl)c(-c3ccc(-c4cc(F)c(N=S(C)(C)=O)cc4F)cc3)nc21.Fc1cc(I)c(F)cc1Br. The van der Waals surface area contributed by atoms with Gasteiger partial charge in [0.2, 0.25) is 0 Å². The van der Waals surface area contributed by atoms with Gasteiger partial charge in [-0.2, -0.15) is 18.7 Å². The number of ether oxygens (including phenoxy) is 8. The summed E-state index contributed by atoms with van der Waals surface area (Å²) in [4.78, 5) is 19.3. The van der Waals surface area contributed by atoms with Crippen molar-refractivity contribution in [2.75, 3.05) is 64.7 Å². The van der Waals surface area contributed by atoms with Gasteiger partial charge in [-0.3, -0.25) is 9.13 Å². The lowest BCUT2D eigenvalue weighted by Crippen LogP contribution is -2.41. The zero-order chi connectivity index (χ0) is 83.1. The smallest absolute Gasteiger partial charge is 0.456 e. The number of pyridine rings is 2. The van der Waals surface area contributed by atoms with E-state index in [1.165, 1.54) is 25.0 Å². The van der Waals surface area contributed by atoms with Crippen molar-refractivity contribution in [2.45, 2.75) is 153 Å². The van der Waals surface area contributed by atoms with Crippen LogP contribution < -0.4 is 14.9 Å². The van der Waals surface area contributed by atoms with Crippen LogP contribution in [0.4, 0.5) is 37.7 Å². The summed E-state index contributed by atoms with van der Waals surface area (Å²) in [5.41, 5.74) is 4.76. The lowest BCUT2D eigenvalue weighted by molar-refractivity contribution is 0.00332. The summed E-state index contributed by atoms with van der Waals surface area (Å²) in [5.74, 6) is -3.64. The van der Waals surface area contributed by atoms with Crippen LogP contribution in [0.1, 0.15) is 27.7 Å². The predicted molar refractivity (Wildman–Crippen MR) is 450 cm³/mol. The molecule has 9 aromatic rings. The summed E-state index contributed by atoms with van der Waals surface area (Å²) < 4.78 is 176. The molecule has 5 fully saturated rings. The largest absolute Gasteiger partial charge is 0.494 e. The first-order chi connectivity index (χ1) is 53.3. The van der Waals surface area contributed by atoms with Gasteiger partial charge in [-0.15, -0.1) is 0 Å². The molecule has 0 spiro atoms. The molecule has 0 radical (unpaired) electrons. The Morgan fingerprint density at radius 2 is 0.930 bits per heavy atom. The van der Waals surface area contributed by atoms with Gasteiger partial charge in [-0.1, -0.05) is 111 Å². The van der Waals surface area contributed by atoms with E-state index in [9.17, 15) is 40.6 Å². The number of imidazole rings is 2. The molecule has 5 aliphatic rings. The highest BCUT2D eigenvalue weighted by atomic mass is 127. The molecule has 0 amide bonds. The highest BCUT2D eigenvalue weighted by Crippen LogP contribution is 2.41. The number of aliphatic hydroxyl groups excluding tert-OH is 2. The molecule has 616 valence electrons. The van der Waals surface area contributed by atoms with Crippen molar-refractivity contribution in [1.29, 1.82) is 0 Å². The molecule has 8 atom stereocenters. The summed E-state index contributed by atoms with van der Waals surface area (Å²) in [5, 5.41) is 21.1. The number of nitrogens with zero attached hydrogens (tertiary/aromatic N) is 8. The lowest BCUT2D eigenvalue weighted by Gasteiger charge is -2.32. The van der Waals surface area contributed by atoms with E-state index < -0.39 is 132 Å². The van der Waals surface area contributed by atoms with Gasteiger partial charge in [0.05, 0.1) is 71.6 Å². The van der Waals surface area contributed by atoms with Crippen LogP contribution in [0.2, 0.25) is 61.4 Å². The van der Waals surface area contributed by atoms with E-state index >= 15 is 4.39 Å². The van der Waals surface area contributed by atoms with Crippen LogP contribution >= 0.6 is 77.7 Å². The quantitative estimate of drug-likeness (QED) is 0.0236. The van der Waals surface area contributed by atoms with E-state index in [2.05, 4.69) is 84.9 Å². The molecular formula is C76H88BBr2Cl2F6IN8O14S2Si2. The van der Waals surface area contributed by atoms with Crippen molar-refractivity contribution in [1.82, 2.24) is 29.1 Å². The Morgan fingerprint density at radius 3 is 1.35 bits per heavy atom. The van der Waals surface area contributed by atoms with Gasteiger partial charge >= 0.3 is 19.1 Å². The topological polar surface area (TPSA) is 253 Å². The zero-order valence-electron chi connectivity index (χ0n) is 64.9. The first-order valence-corrected chi connectivity index (χ1v) is 51.6. The third kappa shape index (κ3) is 22.2. The van der Waals surface area contributed by atoms with Gasteiger partial charge in [0.1, 0.15) is 102 Å². The fraction of sp³-hybridized carbons (Fsp3) is 0.447. The number of aliphatic hydroxyl groups is 2. The van der Waals surface area contributed by atoms with Crippen LogP contribution in [0, 0.1) is 38.5 Å². The predicted octanol–water partition coefficient (Wildman–Crippen LogP) is 17.0. The summed E-state index contributed by atoms with van der Waals surface area (Å²) in [6, 6.07) is 26.9. The minimum atomic E-state index is -2.67. The number of halogens is 11. The molecule has 0 bridgehead atoms. The van der Waals surface area contributed by atoms with E-state index in [1.54, 1.807) is 63.6 Å². The summed E-state index contributed by atoms with van der Waals surface area (Å²) in [7, 11) is -8.21. The number of fused-ring (bicyclic) bond motifs is 4. The summed E-state index contributed by atoms with van der Waals surface area (Å²) in [6.45, 7) is 24.4. The number of benzene rings is 5. The number of aromatic nitrogens is 6. The zero-order valence-corrected chi connectivity index (χ0v) is 75.3. The van der Waals surface area contributed by atoms with Crippen LogP contribution in [0.25, 0.3) is 56.0 Å². The van der Waals surface area contributed by atoms with Crippen molar-refractivity contribution < 1.29 is 92.2 Å². The molecule has 22 nitrogen and oxygen atoms in total. The third-order valence-corrected chi connectivity index (χ3v) is 26.3. The Hall–Kier alpha value is -5.21. The van der Waals surface area contributed by atoms with Crippen LogP contribution in [0.3, 0.4) is 0 Å². The van der Waals surface area contributed by atoms with E-state index in [0.29, 0.717) is 84.3 Å². The second kappa shape index (κ2) is 36.4. The molecule has 0 aliphatic carbocycles. The average Bonchev–Trinajstić information content (AvgIpc) is 1.61. The van der Waals surface area contributed by atoms with Crippen molar-refractivity contribution in [2.24, 2.45) is 8.73 Å². The molecule has 0 unspecified atom stereocenters. The third-order valence-electron chi connectivity index (χ3n) is 19.0. The van der Waals surface area contributed by atoms with Crippen molar-refractivity contribution in [3.8, 4) is 45.7 Å². The van der Waals surface area contributed by atoms with Gasteiger partial charge in [-0.25, -0.2) is 44.7 Å². The molecule has 5 aromatic carbocycles. The standard InChI is InChI=1S/C32H37ClF2N4O6SSi.C30H41BClN3O7Si.C8H8BrF2NOS.C6H2BrF2I/c1-46(2,41)38-24-14-22(34)20(12-23(24)35)18-6-8-19(9-7-18)28-21(33)13-25-31(37-28)39(17-42-10-11-47(3,4)5)32(36-25)45-27-16-44-29-26(40)15-43-30(27)29;1-29(2)30(3,4)42-31(41-29)19-10-8-18(9-11-19)24-20(32)14-21-27(34-24)35(17-37-12-13-43(5,6)7)28(33-21)40-23-16-39-25-22(36)15-38-26(23)25;1-14(2,13)12-8-4-6(10)5(9)3-7(8)11;7-3-1-5(9)6(10)2-4(3)8/h6-9,12-14,26-27,29-30,40H,10-11,15-17H2,1-5H3;8-11,14,22-23,25-26,36H,12-13,15-17H2,1-7H3;3-4H,1-2H3;1-2H/t26-,27-,29-,30-;22-,23-,25-,26-;;/m11../s1. The number of hydrogen-bond donors (Lipinski definition) is 2. The Morgan fingerprint density at radius 1 is 0.544 bits per heavy atom. The molecule has 2 N–H and O–H groups in total. The molecule has 0 saturated carbocycles. The van der Waals surface area contributed by atoms with Gasteiger partial charge < -0.3 is 57.4 Å². The Bertz CT molecular complexity index is 5220. The van der Waals surface area contributed by atoms with Gasteiger partial charge in [0, 0.05) is 103 Å². The Kier molecular flexibility index (Phi) is 28.6. The fourth-order valence-electron chi connectivity index (χ4n) is 12.2. The molecule has 38 heteroatoms. The van der Waals surface area contributed by atoms with E-state index in [1.807, 2.05) is 56.5 Å². The average molecular weight is 1940 g/mol. The Labute approximate surface area is 701 Å². The summed E-state index contributed by atoms with van der Waals surface area (Å²) >= 11 is 20.9. The molecule has 114 heavy (non-hydrogen) atoms. The van der Waals surface area contributed by atoms with Crippen molar-refractivity contribution >= 4 is 160 Å². The van der Waals surface area contributed by atoms with Crippen molar-refractivity contribution in [3.63, 3.8) is 0 Å². The summed E-state index contributed by atoms with van der Waals surface area (Å²) in [6.07, 6.45) is 1.46. The maximum atomic E-state index is 15.0. The van der Waals surface area contributed by atoms with E-state index in [-0.39, 0.29) is 71.3 Å². The Balaban J connectivity index is 0.000000174. The molecule has 5 saturated heterocycles. The van der Waals surface area contributed by atoms with Crippen LogP contribution in [-0.2, 0) is 70.6 Å². The highest BCUT2D eigenvalue weighted by molar-refractivity contribution is 14.1. The minimum Gasteiger partial charge on any atom is -0.456 e. The lowest BCUT2D eigenvalue weighted by atomic mass is 9.79. The number of hydrogen-bond acceptors (Lipinski definition) is 20. The van der Waals surface area contributed by atoms with Gasteiger partial charge in [0.15, 0.2) is 29.3 Å². The second-order valence-corrected chi connectivity index (χ2v) is 51.8. The highest BCUT2D eigenvalue weighted by Gasteiger charge is 2.53. The van der Waals surface area contributed by atoms with Gasteiger partial charge in [-0.05, 0) is 142 Å². The van der Waals surface area contributed by atoms with Crippen LogP contribution in [-0.4, -0.2) is 196 Å². The first-order valence-electron chi connectivity index (χ1n) is 36.1. The monoisotopic (exact) mass is 1940 g/mol. The van der Waals surface area contributed by atoms with Crippen LogP contribution in [0.5, 0.6) is 12.0 Å². The number of rotatable bonds is 20. The van der Waals surface area contributed by atoms with Gasteiger partial charge in [0.25, 0.3) is 0 Å². The molecular weight excluding hydrogens is 1850 g/mol. The van der Waals surface area contributed by atoms with E-state index in [0.717, 1.165) is 59.5 Å². The van der Waals surface area contributed by atoms with Crippen molar-refractivity contribution in [3.05, 3.63) is 155 Å². The maximum Gasteiger partial charge on any atom is 0.494 e. The molecule has 4 aromatic heterocycles. The normalized spacial score (nSPS) is 21.1. The van der Waals surface area contributed by atoms with E-state index in [4.69, 9.17) is 85.4 Å². The fourth-order valence-corrected chi connectivity index (χ4v) is 16.5. The maximum absolute atomic E-state index is 15.0. The molecule has 14 rings (SSSR count). The second-order valence-electron chi connectivity index (χ2n) is 31.8. The minimum absolute atomic E-state index is 0.0210. The molecule has 9 heterocycles. The molecule has 5 aliphatic heterocycles. The van der Waals surface area contributed by atoms with Crippen LogP contribution in [0.15, 0.2) is 115 Å². The first kappa shape index (κ1) is 89.6.